The van der Waals surface area contributed by atoms with E-state index in [0.29, 0.717) is 5.88 Å². The van der Waals surface area contributed by atoms with Gasteiger partial charge in [-0.1, -0.05) is 0 Å². The van der Waals surface area contributed by atoms with Crippen LogP contribution in [0.3, 0.4) is 0 Å². The van der Waals surface area contributed by atoms with Gasteiger partial charge in [-0.25, -0.2) is 9.97 Å². The number of hydrogen-bond donors (Lipinski definition) is 0. The van der Waals surface area contributed by atoms with Gasteiger partial charge in [0.2, 0.25) is 0 Å². The standard InChI is InChI=1S/C14H13ClN4/c1-9-3-12-13(4-10(9)2)19(8-17-12)14-7-16-6-11(5-15)18-14/h3-4,6-8H,5H2,1-2H3. The molecular weight excluding hydrogens is 260 g/mol. The number of benzene rings is 1. The third-order valence-corrected chi connectivity index (χ3v) is 3.49. The van der Waals surface area contributed by atoms with E-state index < -0.39 is 0 Å². The highest BCUT2D eigenvalue weighted by molar-refractivity contribution is 6.16. The molecule has 0 aliphatic carbocycles. The zero-order valence-corrected chi connectivity index (χ0v) is 11.5. The van der Waals surface area contributed by atoms with E-state index in [4.69, 9.17) is 11.6 Å². The van der Waals surface area contributed by atoms with Crippen molar-refractivity contribution in [1.82, 2.24) is 19.5 Å². The summed E-state index contributed by atoms with van der Waals surface area (Å²) in [5, 5.41) is 0. The Morgan fingerprint density at radius 2 is 1.95 bits per heavy atom. The zero-order valence-electron chi connectivity index (χ0n) is 10.8. The van der Waals surface area contributed by atoms with E-state index in [1.165, 1.54) is 11.1 Å². The minimum absolute atomic E-state index is 0.353. The molecule has 4 nitrogen and oxygen atoms in total. The van der Waals surface area contributed by atoms with Gasteiger partial charge in [-0.2, -0.15) is 0 Å². The molecule has 0 fully saturated rings. The number of nitrogens with zero attached hydrogens (tertiary/aromatic N) is 4. The summed E-state index contributed by atoms with van der Waals surface area (Å²) in [5.41, 5.74) is 5.21. The average molecular weight is 273 g/mol. The minimum atomic E-state index is 0.353. The SMILES string of the molecule is Cc1cc2ncn(-c3cncc(CCl)n3)c2cc1C. The van der Waals surface area contributed by atoms with Gasteiger partial charge in [-0.3, -0.25) is 9.55 Å². The molecule has 0 saturated carbocycles. The number of alkyl halides is 1. The average Bonchev–Trinajstić information content (AvgIpc) is 2.82. The second-order valence-electron chi connectivity index (χ2n) is 4.54. The van der Waals surface area contributed by atoms with Crippen molar-refractivity contribution in [3.05, 3.63) is 47.7 Å². The van der Waals surface area contributed by atoms with Crippen LogP contribution in [-0.2, 0) is 5.88 Å². The molecule has 5 heteroatoms. The first-order valence-corrected chi connectivity index (χ1v) is 6.54. The lowest BCUT2D eigenvalue weighted by atomic mass is 10.1. The highest BCUT2D eigenvalue weighted by Crippen LogP contribution is 2.20. The molecule has 3 rings (SSSR count). The normalized spacial score (nSPS) is 11.1. The number of aromatic nitrogens is 4. The van der Waals surface area contributed by atoms with Gasteiger partial charge in [-0.15, -0.1) is 11.6 Å². The van der Waals surface area contributed by atoms with Gasteiger partial charge in [0.25, 0.3) is 0 Å². The van der Waals surface area contributed by atoms with Crippen molar-refractivity contribution < 1.29 is 0 Å². The number of fused-ring (bicyclic) bond motifs is 1. The second-order valence-corrected chi connectivity index (χ2v) is 4.81. The molecule has 0 aliphatic heterocycles. The first-order valence-electron chi connectivity index (χ1n) is 6.00. The third kappa shape index (κ3) is 2.08. The summed E-state index contributed by atoms with van der Waals surface area (Å²) < 4.78 is 1.94. The molecule has 0 bridgehead atoms. The molecule has 1 aromatic carbocycles. The van der Waals surface area contributed by atoms with Crippen LogP contribution in [0.5, 0.6) is 0 Å². The van der Waals surface area contributed by atoms with Gasteiger partial charge in [-0.05, 0) is 37.1 Å². The molecule has 0 aliphatic rings. The van der Waals surface area contributed by atoms with Crippen LogP contribution >= 0.6 is 11.6 Å². The van der Waals surface area contributed by atoms with Crippen molar-refractivity contribution >= 4 is 22.6 Å². The largest absolute Gasteiger partial charge is 0.282 e. The number of aryl methyl sites for hydroxylation is 2. The maximum absolute atomic E-state index is 5.80. The van der Waals surface area contributed by atoms with Crippen molar-refractivity contribution in [2.45, 2.75) is 19.7 Å². The lowest BCUT2D eigenvalue weighted by Gasteiger charge is -2.05. The first kappa shape index (κ1) is 12.1. The van der Waals surface area contributed by atoms with Crippen LogP contribution in [0.2, 0.25) is 0 Å². The van der Waals surface area contributed by atoms with Crippen LogP contribution in [-0.4, -0.2) is 19.5 Å². The summed E-state index contributed by atoms with van der Waals surface area (Å²) in [6, 6.07) is 4.20. The summed E-state index contributed by atoms with van der Waals surface area (Å²) in [5.74, 6) is 1.09. The van der Waals surface area contributed by atoms with Crippen LogP contribution in [0.25, 0.3) is 16.9 Å². The Labute approximate surface area is 116 Å². The Morgan fingerprint density at radius 1 is 1.16 bits per heavy atom. The smallest absolute Gasteiger partial charge is 0.157 e. The fourth-order valence-corrected chi connectivity index (χ4v) is 2.15. The maximum Gasteiger partial charge on any atom is 0.157 e. The lowest BCUT2D eigenvalue weighted by Crippen LogP contribution is -1.99. The van der Waals surface area contributed by atoms with Crippen LogP contribution in [0.4, 0.5) is 0 Å². The van der Waals surface area contributed by atoms with E-state index in [0.717, 1.165) is 22.5 Å². The highest BCUT2D eigenvalue weighted by Gasteiger charge is 2.08. The fraction of sp³-hybridized carbons (Fsp3) is 0.214. The number of imidazole rings is 1. The molecule has 0 atom stereocenters. The van der Waals surface area contributed by atoms with Crippen molar-refractivity contribution in [2.75, 3.05) is 0 Å². The van der Waals surface area contributed by atoms with E-state index in [9.17, 15) is 0 Å². The Balaban J connectivity index is 2.22. The molecule has 19 heavy (non-hydrogen) atoms. The Morgan fingerprint density at radius 3 is 2.74 bits per heavy atom. The van der Waals surface area contributed by atoms with Crippen LogP contribution in [0.15, 0.2) is 30.9 Å². The summed E-state index contributed by atoms with van der Waals surface area (Å²) in [6.07, 6.45) is 5.16. The first-order chi connectivity index (χ1) is 9.19. The third-order valence-electron chi connectivity index (χ3n) is 3.22. The molecule has 3 aromatic rings. The van der Waals surface area contributed by atoms with E-state index in [-0.39, 0.29) is 0 Å². The minimum Gasteiger partial charge on any atom is -0.282 e. The van der Waals surface area contributed by atoms with Gasteiger partial charge in [0, 0.05) is 6.20 Å². The maximum atomic E-state index is 5.80. The monoisotopic (exact) mass is 272 g/mol. The van der Waals surface area contributed by atoms with E-state index in [1.54, 1.807) is 18.7 Å². The number of hydrogen-bond acceptors (Lipinski definition) is 3. The quantitative estimate of drug-likeness (QED) is 0.673. The van der Waals surface area contributed by atoms with Crippen LogP contribution in [0, 0.1) is 13.8 Å². The molecule has 96 valence electrons. The Bertz CT molecular complexity index is 748. The van der Waals surface area contributed by atoms with Crippen molar-refractivity contribution in [3.63, 3.8) is 0 Å². The molecule has 0 N–H and O–H groups in total. The lowest BCUT2D eigenvalue weighted by molar-refractivity contribution is 0.964. The molecule has 0 amide bonds. The van der Waals surface area contributed by atoms with Gasteiger partial charge in [0.15, 0.2) is 5.82 Å². The Hall–Kier alpha value is -1.94. The van der Waals surface area contributed by atoms with Gasteiger partial charge in [0.05, 0.1) is 28.8 Å². The topological polar surface area (TPSA) is 43.6 Å². The molecule has 0 radical (unpaired) electrons. The molecule has 0 saturated heterocycles. The molecular formula is C14H13ClN4. The van der Waals surface area contributed by atoms with Crippen molar-refractivity contribution in [1.29, 1.82) is 0 Å². The Kier molecular flexibility index (Phi) is 2.95. The fourth-order valence-electron chi connectivity index (χ4n) is 2.02. The molecule has 0 spiro atoms. The second kappa shape index (κ2) is 4.63. The van der Waals surface area contributed by atoms with Gasteiger partial charge >= 0.3 is 0 Å². The number of rotatable bonds is 2. The summed E-state index contributed by atoms with van der Waals surface area (Å²) >= 11 is 5.80. The number of halogens is 1. The summed E-state index contributed by atoms with van der Waals surface area (Å²) in [7, 11) is 0. The summed E-state index contributed by atoms with van der Waals surface area (Å²) in [6.45, 7) is 4.18. The van der Waals surface area contributed by atoms with Crippen LogP contribution < -0.4 is 0 Å². The van der Waals surface area contributed by atoms with E-state index >= 15 is 0 Å². The van der Waals surface area contributed by atoms with Gasteiger partial charge in [0.1, 0.15) is 6.33 Å². The van der Waals surface area contributed by atoms with E-state index in [1.807, 2.05) is 4.57 Å². The van der Waals surface area contributed by atoms with Crippen molar-refractivity contribution in [2.24, 2.45) is 0 Å². The van der Waals surface area contributed by atoms with Crippen molar-refractivity contribution in [3.8, 4) is 5.82 Å². The van der Waals surface area contributed by atoms with Crippen LogP contribution in [0.1, 0.15) is 16.8 Å². The summed E-state index contributed by atoms with van der Waals surface area (Å²) in [4.78, 5) is 13.0. The van der Waals surface area contributed by atoms with Gasteiger partial charge < -0.3 is 0 Å². The molecule has 2 heterocycles. The molecule has 0 unspecified atom stereocenters. The van der Waals surface area contributed by atoms with E-state index in [2.05, 4.69) is 40.9 Å². The predicted molar refractivity (Wildman–Crippen MR) is 75.7 cm³/mol. The zero-order chi connectivity index (χ0) is 13.4. The predicted octanol–water partition coefficient (Wildman–Crippen LogP) is 3.17. The highest BCUT2D eigenvalue weighted by atomic mass is 35.5. The molecule has 2 aromatic heterocycles.